The van der Waals surface area contributed by atoms with E-state index in [4.69, 9.17) is 0 Å². The molecule has 0 aliphatic heterocycles. The summed E-state index contributed by atoms with van der Waals surface area (Å²) in [7, 11) is 1.86. The normalized spacial score (nSPS) is 23.1. The number of hydrogen-bond donors (Lipinski definition) is 0. The zero-order chi connectivity index (χ0) is 5.82. The van der Waals surface area contributed by atoms with Crippen LogP contribution in [0.15, 0.2) is 4.99 Å². The van der Waals surface area contributed by atoms with E-state index in [0.29, 0.717) is 0 Å². The SMILES string of the molecule is C/N=C/C1CCCC1. The van der Waals surface area contributed by atoms with Gasteiger partial charge in [-0.2, -0.15) is 0 Å². The van der Waals surface area contributed by atoms with E-state index in [1.54, 1.807) is 0 Å². The minimum atomic E-state index is 0.819. The van der Waals surface area contributed by atoms with Gasteiger partial charge in [-0.05, 0) is 18.8 Å². The molecular weight excluding hydrogens is 98.1 g/mol. The molecular formula is C7H13N. The number of nitrogens with zero attached hydrogens (tertiary/aromatic N) is 1. The first-order valence-electron chi connectivity index (χ1n) is 3.36. The number of hydrogen-bond acceptors (Lipinski definition) is 1. The molecule has 0 radical (unpaired) electrons. The van der Waals surface area contributed by atoms with Gasteiger partial charge in [-0.15, -0.1) is 0 Å². The monoisotopic (exact) mass is 111 g/mol. The van der Waals surface area contributed by atoms with Crippen molar-refractivity contribution < 1.29 is 0 Å². The first-order valence-corrected chi connectivity index (χ1v) is 3.36. The first-order chi connectivity index (χ1) is 3.93. The predicted molar refractivity (Wildman–Crippen MR) is 36.4 cm³/mol. The Morgan fingerprint density at radius 3 is 2.50 bits per heavy atom. The van der Waals surface area contributed by atoms with Gasteiger partial charge in [0.15, 0.2) is 0 Å². The van der Waals surface area contributed by atoms with Gasteiger partial charge in [0, 0.05) is 13.3 Å². The summed E-state index contributed by atoms with van der Waals surface area (Å²) in [6.45, 7) is 0. The Labute approximate surface area is 50.8 Å². The third-order valence-electron chi connectivity index (χ3n) is 1.76. The second-order valence-corrected chi connectivity index (χ2v) is 2.45. The van der Waals surface area contributed by atoms with Crippen molar-refractivity contribution >= 4 is 6.21 Å². The summed E-state index contributed by atoms with van der Waals surface area (Å²) in [4.78, 5) is 3.99. The van der Waals surface area contributed by atoms with Gasteiger partial charge >= 0.3 is 0 Å². The van der Waals surface area contributed by atoms with Gasteiger partial charge in [-0.3, -0.25) is 0 Å². The molecule has 0 spiro atoms. The molecule has 0 N–H and O–H groups in total. The maximum Gasteiger partial charge on any atom is 0.0273 e. The lowest BCUT2D eigenvalue weighted by atomic mass is 10.1. The molecule has 0 aromatic carbocycles. The summed E-state index contributed by atoms with van der Waals surface area (Å²) in [5.41, 5.74) is 0. The van der Waals surface area contributed by atoms with E-state index in [2.05, 4.69) is 11.2 Å². The molecule has 8 heavy (non-hydrogen) atoms. The van der Waals surface area contributed by atoms with Crippen LogP contribution in [0.2, 0.25) is 0 Å². The molecule has 0 unspecified atom stereocenters. The fourth-order valence-corrected chi connectivity index (χ4v) is 1.32. The molecule has 1 fully saturated rings. The smallest absolute Gasteiger partial charge is 0.0273 e. The van der Waals surface area contributed by atoms with E-state index in [9.17, 15) is 0 Å². The minimum absolute atomic E-state index is 0.819. The zero-order valence-corrected chi connectivity index (χ0v) is 5.43. The van der Waals surface area contributed by atoms with Crippen LogP contribution in [-0.4, -0.2) is 13.3 Å². The summed E-state index contributed by atoms with van der Waals surface area (Å²) in [5, 5.41) is 0. The molecule has 1 rings (SSSR count). The van der Waals surface area contributed by atoms with Crippen molar-refractivity contribution in [1.29, 1.82) is 0 Å². The Balaban J connectivity index is 2.24. The van der Waals surface area contributed by atoms with Crippen molar-refractivity contribution in [3.8, 4) is 0 Å². The number of rotatable bonds is 1. The van der Waals surface area contributed by atoms with Crippen LogP contribution in [0.5, 0.6) is 0 Å². The molecule has 0 aromatic rings. The fraction of sp³-hybridized carbons (Fsp3) is 0.857. The molecule has 46 valence electrons. The van der Waals surface area contributed by atoms with Crippen LogP contribution in [0.1, 0.15) is 25.7 Å². The van der Waals surface area contributed by atoms with Crippen LogP contribution in [0.25, 0.3) is 0 Å². The molecule has 0 aromatic heterocycles. The van der Waals surface area contributed by atoms with E-state index in [1.807, 2.05) is 7.05 Å². The van der Waals surface area contributed by atoms with E-state index in [-0.39, 0.29) is 0 Å². The number of aliphatic imine (C=N–C) groups is 1. The van der Waals surface area contributed by atoms with Gasteiger partial charge in [0.05, 0.1) is 0 Å². The minimum Gasteiger partial charge on any atom is -0.301 e. The van der Waals surface area contributed by atoms with E-state index in [1.165, 1.54) is 25.7 Å². The summed E-state index contributed by atoms with van der Waals surface area (Å²) in [5.74, 6) is 0.819. The lowest BCUT2D eigenvalue weighted by Gasteiger charge is -1.95. The molecule has 1 aliphatic rings. The molecule has 0 heterocycles. The molecule has 0 bridgehead atoms. The maximum atomic E-state index is 3.99. The Morgan fingerprint density at radius 2 is 2.00 bits per heavy atom. The van der Waals surface area contributed by atoms with Gasteiger partial charge in [-0.25, -0.2) is 0 Å². The Bertz CT molecular complexity index is 80.4. The van der Waals surface area contributed by atoms with E-state index >= 15 is 0 Å². The van der Waals surface area contributed by atoms with Gasteiger partial charge in [-0.1, -0.05) is 12.8 Å². The van der Waals surface area contributed by atoms with Crippen molar-refractivity contribution in [3.63, 3.8) is 0 Å². The van der Waals surface area contributed by atoms with Crippen LogP contribution in [0.4, 0.5) is 0 Å². The van der Waals surface area contributed by atoms with Crippen LogP contribution >= 0.6 is 0 Å². The van der Waals surface area contributed by atoms with Crippen molar-refractivity contribution in [3.05, 3.63) is 0 Å². The molecule has 1 saturated carbocycles. The highest BCUT2D eigenvalue weighted by atomic mass is 14.6. The average Bonchev–Trinajstić information content (AvgIpc) is 2.19. The molecule has 1 aliphatic carbocycles. The van der Waals surface area contributed by atoms with Crippen LogP contribution in [0.3, 0.4) is 0 Å². The molecule has 0 saturated heterocycles. The Morgan fingerprint density at radius 1 is 1.38 bits per heavy atom. The summed E-state index contributed by atoms with van der Waals surface area (Å²) in [6.07, 6.45) is 7.66. The van der Waals surface area contributed by atoms with Gasteiger partial charge < -0.3 is 4.99 Å². The highest BCUT2D eigenvalue weighted by molar-refractivity contribution is 5.60. The molecule has 0 atom stereocenters. The lowest BCUT2D eigenvalue weighted by Crippen LogP contribution is -1.92. The maximum absolute atomic E-state index is 3.99. The van der Waals surface area contributed by atoms with Crippen molar-refractivity contribution in [1.82, 2.24) is 0 Å². The third kappa shape index (κ3) is 1.32. The largest absolute Gasteiger partial charge is 0.301 e. The highest BCUT2D eigenvalue weighted by Crippen LogP contribution is 2.22. The van der Waals surface area contributed by atoms with Crippen LogP contribution in [-0.2, 0) is 0 Å². The van der Waals surface area contributed by atoms with Gasteiger partial charge in [0.2, 0.25) is 0 Å². The molecule has 1 heteroatoms. The van der Waals surface area contributed by atoms with E-state index < -0.39 is 0 Å². The Kier molecular flexibility index (Phi) is 2.07. The van der Waals surface area contributed by atoms with Crippen LogP contribution in [0, 0.1) is 5.92 Å². The highest BCUT2D eigenvalue weighted by Gasteiger charge is 2.10. The van der Waals surface area contributed by atoms with E-state index in [0.717, 1.165) is 5.92 Å². The molecule has 1 nitrogen and oxygen atoms in total. The standard InChI is InChI=1S/C7H13N/c1-8-6-7-4-2-3-5-7/h6-7H,2-5H2,1H3/b8-6+. The summed E-state index contributed by atoms with van der Waals surface area (Å²) in [6, 6.07) is 0. The average molecular weight is 111 g/mol. The summed E-state index contributed by atoms with van der Waals surface area (Å²) < 4.78 is 0. The topological polar surface area (TPSA) is 12.4 Å². The first kappa shape index (κ1) is 5.80. The lowest BCUT2D eigenvalue weighted by molar-refractivity contribution is 0.743. The quantitative estimate of drug-likeness (QED) is 0.458. The Hall–Kier alpha value is -0.330. The van der Waals surface area contributed by atoms with Crippen molar-refractivity contribution in [2.75, 3.05) is 7.05 Å². The van der Waals surface area contributed by atoms with Gasteiger partial charge in [0.25, 0.3) is 0 Å². The van der Waals surface area contributed by atoms with Crippen LogP contribution < -0.4 is 0 Å². The predicted octanol–water partition coefficient (Wildman–Crippen LogP) is 1.88. The second kappa shape index (κ2) is 2.85. The molecule has 0 amide bonds. The third-order valence-corrected chi connectivity index (χ3v) is 1.76. The zero-order valence-electron chi connectivity index (χ0n) is 5.43. The van der Waals surface area contributed by atoms with Crippen molar-refractivity contribution in [2.24, 2.45) is 10.9 Å². The second-order valence-electron chi connectivity index (χ2n) is 2.45. The van der Waals surface area contributed by atoms with Crippen molar-refractivity contribution in [2.45, 2.75) is 25.7 Å². The fourth-order valence-electron chi connectivity index (χ4n) is 1.32. The summed E-state index contributed by atoms with van der Waals surface area (Å²) >= 11 is 0. The van der Waals surface area contributed by atoms with Gasteiger partial charge in [0.1, 0.15) is 0 Å².